The number of thioether (sulfide) groups is 1. The summed E-state index contributed by atoms with van der Waals surface area (Å²) in [5.74, 6) is 0.0287. The Morgan fingerprint density at radius 2 is 2.50 bits per heavy atom. The highest BCUT2D eigenvalue weighted by atomic mass is 32.2. The van der Waals surface area contributed by atoms with E-state index < -0.39 is 5.97 Å². The molecule has 14 heavy (non-hydrogen) atoms. The summed E-state index contributed by atoms with van der Waals surface area (Å²) in [6, 6.07) is 1.94. The van der Waals surface area contributed by atoms with Crippen molar-refractivity contribution < 1.29 is 9.90 Å². The molecule has 0 saturated heterocycles. The van der Waals surface area contributed by atoms with E-state index >= 15 is 0 Å². The Hall–Kier alpha value is -0.970. The normalized spacial score (nSPS) is 12.7. The molecule has 0 fully saturated rings. The second kappa shape index (κ2) is 5.05. The van der Waals surface area contributed by atoms with Crippen LogP contribution in [0.25, 0.3) is 0 Å². The molecule has 0 radical (unpaired) electrons. The minimum absolute atomic E-state index is 0.134. The van der Waals surface area contributed by atoms with Gasteiger partial charge in [0.15, 0.2) is 0 Å². The number of nitrogens with zero attached hydrogens (tertiary/aromatic N) is 2. The van der Waals surface area contributed by atoms with Gasteiger partial charge in [-0.3, -0.25) is 9.48 Å². The molecular formula is C9H14N2O2S. The van der Waals surface area contributed by atoms with E-state index in [4.69, 9.17) is 5.11 Å². The number of carbonyl (C=O) groups is 1. The van der Waals surface area contributed by atoms with Gasteiger partial charge in [0, 0.05) is 24.2 Å². The molecule has 0 bridgehead atoms. The molecule has 0 aliphatic heterocycles. The first-order chi connectivity index (χ1) is 6.58. The smallest absolute Gasteiger partial charge is 0.304 e. The summed E-state index contributed by atoms with van der Waals surface area (Å²) in [5, 5.41) is 12.9. The van der Waals surface area contributed by atoms with Crippen LogP contribution in [0.1, 0.15) is 19.0 Å². The largest absolute Gasteiger partial charge is 0.481 e. The summed E-state index contributed by atoms with van der Waals surface area (Å²) in [7, 11) is 1.87. The summed E-state index contributed by atoms with van der Waals surface area (Å²) in [6.07, 6.45) is 2.09. The Bertz CT molecular complexity index is 312. The molecule has 1 aromatic heterocycles. The molecule has 1 heterocycles. The number of aliphatic carboxylic acids is 1. The van der Waals surface area contributed by atoms with Crippen LogP contribution in [0.2, 0.25) is 0 Å². The van der Waals surface area contributed by atoms with Crippen molar-refractivity contribution in [2.24, 2.45) is 7.05 Å². The lowest BCUT2D eigenvalue weighted by atomic mass is 10.3. The van der Waals surface area contributed by atoms with Crippen molar-refractivity contribution in [3.05, 3.63) is 18.0 Å². The van der Waals surface area contributed by atoms with Crippen molar-refractivity contribution in [1.29, 1.82) is 0 Å². The van der Waals surface area contributed by atoms with Crippen LogP contribution in [0, 0.1) is 0 Å². The van der Waals surface area contributed by atoms with Crippen LogP contribution in [0.15, 0.2) is 12.3 Å². The van der Waals surface area contributed by atoms with E-state index in [1.165, 1.54) is 0 Å². The van der Waals surface area contributed by atoms with Crippen molar-refractivity contribution in [1.82, 2.24) is 9.78 Å². The van der Waals surface area contributed by atoms with Crippen molar-refractivity contribution in [2.45, 2.75) is 24.3 Å². The summed E-state index contributed by atoms with van der Waals surface area (Å²) in [5.41, 5.74) is 0.995. The summed E-state index contributed by atoms with van der Waals surface area (Å²) >= 11 is 1.61. The minimum Gasteiger partial charge on any atom is -0.481 e. The number of hydrogen-bond acceptors (Lipinski definition) is 3. The van der Waals surface area contributed by atoms with Crippen LogP contribution in [0.4, 0.5) is 0 Å². The third-order valence-electron chi connectivity index (χ3n) is 1.75. The average Bonchev–Trinajstić information content (AvgIpc) is 2.47. The third kappa shape index (κ3) is 3.83. The predicted molar refractivity (Wildman–Crippen MR) is 56.2 cm³/mol. The standard InChI is InChI=1S/C9H14N2O2S/c1-7(5-9(12)13)14-6-8-3-4-11(2)10-8/h3-4,7H,5-6H2,1-2H3,(H,12,13). The quantitative estimate of drug-likeness (QED) is 0.807. The number of hydrogen-bond donors (Lipinski definition) is 1. The fourth-order valence-corrected chi connectivity index (χ4v) is 1.94. The lowest BCUT2D eigenvalue weighted by Crippen LogP contribution is -2.06. The molecule has 1 rings (SSSR count). The maximum Gasteiger partial charge on any atom is 0.304 e. The van der Waals surface area contributed by atoms with Gasteiger partial charge in [-0.25, -0.2) is 0 Å². The van der Waals surface area contributed by atoms with Crippen molar-refractivity contribution in [3.8, 4) is 0 Å². The molecule has 0 aliphatic carbocycles. The zero-order chi connectivity index (χ0) is 10.6. The lowest BCUT2D eigenvalue weighted by molar-refractivity contribution is -0.136. The molecule has 5 heteroatoms. The second-order valence-electron chi connectivity index (χ2n) is 3.20. The van der Waals surface area contributed by atoms with E-state index in [0.29, 0.717) is 0 Å². The van der Waals surface area contributed by atoms with Gasteiger partial charge >= 0.3 is 5.97 Å². The van der Waals surface area contributed by atoms with Gasteiger partial charge < -0.3 is 5.11 Å². The van der Waals surface area contributed by atoms with Crippen molar-refractivity contribution >= 4 is 17.7 Å². The Morgan fingerprint density at radius 3 is 3.00 bits per heavy atom. The Labute approximate surface area is 87.3 Å². The molecule has 0 amide bonds. The highest BCUT2D eigenvalue weighted by Crippen LogP contribution is 2.18. The van der Waals surface area contributed by atoms with Crippen LogP contribution in [0.3, 0.4) is 0 Å². The maximum absolute atomic E-state index is 10.4. The molecule has 4 nitrogen and oxygen atoms in total. The SMILES string of the molecule is CC(CC(=O)O)SCc1ccn(C)n1. The van der Waals surface area contributed by atoms with Crippen LogP contribution >= 0.6 is 11.8 Å². The Balaban J connectivity index is 2.30. The summed E-state index contributed by atoms with van der Waals surface area (Å²) in [6.45, 7) is 1.92. The fraction of sp³-hybridized carbons (Fsp3) is 0.556. The summed E-state index contributed by atoms with van der Waals surface area (Å²) < 4.78 is 1.75. The Morgan fingerprint density at radius 1 is 1.79 bits per heavy atom. The molecule has 0 saturated carbocycles. The molecule has 1 unspecified atom stereocenters. The van der Waals surface area contributed by atoms with Gasteiger partial charge in [0.1, 0.15) is 0 Å². The van der Waals surface area contributed by atoms with Gasteiger partial charge in [0.25, 0.3) is 0 Å². The van der Waals surface area contributed by atoms with Crippen LogP contribution in [0.5, 0.6) is 0 Å². The molecule has 0 aromatic carbocycles. The average molecular weight is 214 g/mol. The van der Waals surface area contributed by atoms with E-state index in [9.17, 15) is 4.79 Å². The summed E-state index contributed by atoms with van der Waals surface area (Å²) in [4.78, 5) is 10.4. The predicted octanol–water partition coefficient (Wildman–Crippen LogP) is 1.52. The van der Waals surface area contributed by atoms with E-state index in [1.807, 2.05) is 26.2 Å². The van der Waals surface area contributed by atoms with Crippen molar-refractivity contribution in [2.75, 3.05) is 0 Å². The van der Waals surface area contributed by atoms with Gasteiger partial charge in [-0.15, -0.1) is 0 Å². The zero-order valence-corrected chi connectivity index (χ0v) is 9.12. The van der Waals surface area contributed by atoms with E-state index in [-0.39, 0.29) is 11.7 Å². The van der Waals surface area contributed by atoms with Crippen LogP contribution < -0.4 is 0 Å². The van der Waals surface area contributed by atoms with E-state index in [1.54, 1.807) is 16.4 Å². The maximum atomic E-state index is 10.4. The van der Waals surface area contributed by atoms with Gasteiger partial charge in [0.05, 0.1) is 12.1 Å². The minimum atomic E-state index is -0.744. The first kappa shape index (κ1) is 11.1. The third-order valence-corrected chi connectivity index (χ3v) is 2.94. The second-order valence-corrected chi connectivity index (χ2v) is 4.63. The highest BCUT2D eigenvalue weighted by molar-refractivity contribution is 7.99. The van der Waals surface area contributed by atoms with Gasteiger partial charge in [-0.1, -0.05) is 6.92 Å². The number of aryl methyl sites for hydroxylation is 1. The monoisotopic (exact) mass is 214 g/mol. The molecule has 0 spiro atoms. The molecule has 0 aliphatic rings. The van der Waals surface area contributed by atoms with Crippen molar-refractivity contribution in [3.63, 3.8) is 0 Å². The van der Waals surface area contributed by atoms with Crippen LogP contribution in [-0.2, 0) is 17.6 Å². The molecule has 1 N–H and O–H groups in total. The number of aromatic nitrogens is 2. The Kier molecular flexibility index (Phi) is 4.00. The van der Waals surface area contributed by atoms with Gasteiger partial charge in [-0.2, -0.15) is 16.9 Å². The fourth-order valence-electron chi connectivity index (χ4n) is 1.07. The molecule has 1 aromatic rings. The highest BCUT2D eigenvalue weighted by Gasteiger charge is 2.08. The molecule has 78 valence electrons. The van der Waals surface area contributed by atoms with Gasteiger partial charge in [0.2, 0.25) is 0 Å². The number of carboxylic acid groups (broad SMARTS) is 1. The molecular weight excluding hydrogens is 200 g/mol. The number of rotatable bonds is 5. The van der Waals surface area contributed by atoms with E-state index in [2.05, 4.69) is 5.10 Å². The molecule has 1 atom stereocenters. The van der Waals surface area contributed by atoms with E-state index in [0.717, 1.165) is 11.4 Å². The lowest BCUT2D eigenvalue weighted by Gasteiger charge is -2.05. The topological polar surface area (TPSA) is 55.1 Å². The van der Waals surface area contributed by atoms with Crippen LogP contribution in [-0.4, -0.2) is 26.1 Å². The first-order valence-corrected chi connectivity index (χ1v) is 5.44. The zero-order valence-electron chi connectivity index (χ0n) is 8.30. The number of carboxylic acids is 1. The van der Waals surface area contributed by atoms with Gasteiger partial charge in [-0.05, 0) is 6.07 Å². The first-order valence-electron chi connectivity index (χ1n) is 4.40.